The van der Waals surface area contributed by atoms with Gasteiger partial charge in [-0.1, -0.05) is 169 Å². The Morgan fingerprint density at radius 3 is 1.56 bits per heavy atom. The van der Waals surface area contributed by atoms with Crippen LogP contribution >= 0.6 is 0 Å². The molecule has 234 valence electrons. The molecule has 1 unspecified atom stereocenters. The normalized spacial score (nSPS) is 12.2. The molecular weight excluding hydrogens is 530 g/mol. The van der Waals surface area contributed by atoms with Gasteiger partial charge in [0, 0.05) is 19.6 Å². The monoisotopic (exact) mass is 585 g/mol. The molecule has 0 heterocycles. The van der Waals surface area contributed by atoms with Crippen LogP contribution in [0.3, 0.4) is 0 Å². The van der Waals surface area contributed by atoms with Crippen molar-refractivity contribution in [2.24, 2.45) is 0 Å². The summed E-state index contributed by atoms with van der Waals surface area (Å²) >= 11 is 0. The first-order valence-corrected chi connectivity index (χ1v) is 16.9. The van der Waals surface area contributed by atoms with Gasteiger partial charge in [-0.25, -0.2) is 0 Å². The molecular formula is C39H55NO3. The molecule has 0 aliphatic carbocycles. The van der Waals surface area contributed by atoms with E-state index in [-0.39, 0.29) is 12.0 Å². The van der Waals surface area contributed by atoms with Crippen LogP contribution in [-0.4, -0.2) is 31.8 Å². The van der Waals surface area contributed by atoms with Gasteiger partial charge in [0.2, 0.25) is 5.91 Å². The third-order valence-corrected chi connectivity index (χ3v) is 8.16. The molecule has 3 aromatic carbocycles. The van der Waals surface area contributed by atoms with Crippen LogP contribution in [-0.2, 0) is 19.9 Å². The number of amides is 1. The Balaban J connectivity index is 1.72. The van der Waals surface area contributed by atoms with Crippen LogP contribution in [0.15, 0.2) is 91.0 Å². The van der Waals surface area contributed by atoms with Crippen LogP contribution in [0.4, 0.5) is 0 Å². The van der Waals surface area contributed by atoms with Crippen LogP contribution in [0.5, 0.6) is 0 Å². The van der Waals surface area contributed by atoms with E-state index in [1.807, 2.05) is 18.2 Å². The van der Waals surface area contributed by atoms with E-state index in [0.29, 0.717) is 26.2 Å². The molecule has 1 amide bonds. The number of hydrogen-bond acceptors (Lipinski definition) is 3. The molecule has 0 spiro atoms. The highest BCUT2D eigenvalue weighted by Crippen LogP contribution is 2.40. The van der Waals surface area contributed by atoms with Crippen molar-refractivity contribution in [2.75, 3.05) is 19.8 Å². The van der Waals surface area contributed by atoms with E-state index >= 15 is 0 Å². The van der Waals surface area contributed by atoms with Crippen molar-refractivity contribution in [1.82, 2.24) is 5.32 Å². The number of carbonyl (C=O) groups is 1. The molecule has 3 rings (SSSR count). The first-order chi connectivity index (χ1) is 21.2. The van der Waals surface area contributed by atoms with Gasteiger partial charge in [0.15, 0.2) is 0 Å². The maximum atomic E-state index is 12.8. The van der Waals surface area contributed by atoms with Gasteiger partial charge in [0.05, 0.1) is 12.7 Å². The first-order valence-electron chi connectivity index (χ1n) is 16.9. The number of unbranched alkanes of at least 4 members (excludes halogenated alkanes) is 10. The topological polar surface area (TPSA) is 47.6 Å². The van der Waals surface area contributed by atoms with Crippen LogP contribution in [0.25, 0.3) is 0 Å². The van der Waals surface area contributed by atoms with E-state index in [1.54, 1.807) is 0 Å². The fourth-order valence-electron chi connectivity index (χ4n) is 5.67. The summed E-state index contributed by atoms with van der Waals surface area (Å²) in [4.78, 5) is 12.8. The predicted molar refractivity (Wildman–Crippen MR) is 179 cm³/mol. The van der Waals surface area contributed by atoms with Gasteiger partial charge in [-0.3, -0.25) is 4.79 Å². The predicted octanol–water partition coefficient (Wildman–Crippen LogP) is 9.61. The standard InChI is InChI=1S/C39H55NO3/c1-3-5-7-9-10-11-22-30-38(41)40-32-37(42-31-23-12-8-6-4-2)33-43-39(34-24-16-13-17-25-34,35-26-18-14-19-27-35)36-28-20-15-21-29-36/h13-21,24-29,37H,3-12,22-23,30-33H2,1-2H3,(H,40,41). The molecule has 4 nitrogen and oxygen atoms in total. The highest BCUT2D eigenvalue weighted by atomic mass is 16.5. The van der Waals surface area contributed by atoms with Crippen LogP contribution < -0.4 is 5.32 Å². The smallest absolute Gasteiger partial charge is 0.220 e. The van der Waals surface area contributed by atoms with E-state index in [1.165, 1.54) is 51.4 Å². The van der Waals surface area contributed by atoms with Gasteiger partial charge < -0.3 is 14.8 Å². The summed E-state index contributed by atoms with van der Waals surface area (Å²) in [5.41, 5.74) is 2.38. The van der Waals surface area contributed by atoms with E-state index in [0.717, 1.165) is 42.4 Å². The summed E-state index contributed by atoms with van der Waals surface area (Å²) in [6, 6.07) is 31.3. The SMILES string of the molecule is CCCCCCCCCC(=O)NCC(COC(c1ccccc1)(c1ccccc1)c1ccccc1)OCCCCCCC. The van der Waals surface area contributed by atoms with Crippen molar-refractivity contribution in [1.29, 1.82) is 0 Å². The molecule has 0 saturated heterocycles. The fourth-order valence-corrected chi connectivity index (χ4v) is 5.67. The molecule has 0 radical (unpaired) electrons. The molecule has 0 aliphatic heterocycles. The summed E-state index contributed by atoms with van der Waals surface area (Å²) < 4.78 is 13.5. The Hall–Kier alpha value is -2.95. The molecule has 1 atom stereocenters. The molecule has 0 aliphatic rings. The maximum Gasteiger partial charge on any atom is 0.220 e. The molecule has 3 aromatic rings. The van der Waals surface area contributed by atoms with Gasteiger partial charge >= 0.3 is 0 Å². The number of rotatable bonds is 23. The Morgan fingerprint density at radius 2 is 1.07 bits per heavy atom. The average Bonchev–Trinajstić information content (AvgIpc) is 3.06. The lowest BCUT2D eigenvalue weighted by molar-refractivity contribution is -0.122. The molecule has 0 aromatic heterocycles. The van der Waals surface area contributed by atoms with E-state index in [4.69, 9.17) is 9.47 Å². The lowest BCUT2D eigenvalue weighted by atomic mass is 9.80. The van der Waals surface area contributed by atoms with Crippen LogP contribution in [0.1, 0.15) is 114 Å². The summed E-state index contributed by atoms with van der Waals surface area (Å²) in [5, 5.41) is 3.17. The zero-order valence-corrected chi connectivity index (χ0v) is 26.8. The number of benzene rings is 3. The first kappa shape index (κ1) is 34.5. The molecule has 43 heavy (non-hydrogen) atoms. The van der Waals surface area contributed by atoms with Gasteiger partial charge in [-0.05, 0) is 29.5 Å². The maximum absolute atomic E-state index is 12.8. The summed E-state index contributed by atoms with van der Waals surface area (Å²) in [6.07, 6.45) is 14.6. The average molecular weight is 586 g/mol. The lowest BCUT2D eigenvalue weighted by Crippen LogP contribution is -2.41. The molecule has 0 fully saturated rings. The lowest BCUT2D eigenvalue weighted by Gasteiger charge is -2.37. The molecule has 1 N–H and O–H groups in total. The Bertz CT molecular complexity index is 1010. The van der Waals surface area contributed by atoms with Crippen LogP contribution in [0.2, 0.25) is 0 Å². The Kier molecular flexibility index (Phi) is 16.8. The van der Waals surface area contributed by atoms with E-state index in [2.05, 4.69) is 92.0 Å². The van der Waals surface area contributed by atoms with Crippen LogP contribution in [0, 0.1) is 0 Å². The Labute approximate surface area is 261 Å². The number of carbonyl (C=O) groups excluding carboxylic acids is 1. The van der Waals surface area contributed by atoms with Crippen molar-refractivity contribution in [3.05, 3.63) is 108 Å². The number of ether oxygens (including phenoxy) is 2. The number of nitrogens with one attached hydrogen (secondary N) is 1. The minimum atomic E-state index is -0.811. The second-order valence-electron chi connectivity index (χ2n) is 11.7. The largest absolute Gasteiger partial charge is 0.374 e. The van der Waals surface area contributed by atoms with Crippen molar-refractivity contribution < 1.29 is 14.3 Å². The second-order valence-corrected chi connectivity index (χ2v) is 11.7. The van der Waals surface area contributed by atoms with E-state index in [9.17, 15) is 4.79 Å². The van der Waals surface area contributed by atoms with Gasteiger partial charge in [0.1, 0.15) is 5.60 Å². The third-order valence-electron chi connectivity index (χ3n) is 8.16. The van der Waals surface area contributed by atoms with E-state index < -0.39 is 5.60 Å². The zero-order chi connectivity index (χ0) is 30.4. The minimum Gasteiger partial charge on any atom is -0.374 e. The minimum absolute atomic E-state index is 0.102. The van der Waals surface area contributed by atoms with Crippen molar-refractivity contribution >= 4 is 5.91 Å². The zero-order valence-electron chi connectivity index (χ0n) is 26.8. The van der Waals surface area contributed by atoms with Gasteiger partial charge in [0.25, 0.3) is 0 Å². The van der Waals surface area contributed by atoms with Crippen molar-refractivity contribution in [2.45, 2.75) is 109 Å². The van der Waals surface area contributed by atoms with Gasteiger partial charge in [-0.15, -0.1) is 0 Å². The molecule has 4 heteroatoms. The third kappa shape index (κ3) is 11.9. The fraction of sp³-hybridized carbons (Fsp3) is 0.513. The second kappa shape index (κ2) is 20.9. The van der Waals surface area contributed by atoms with Gasteiger partial charge in [-0.2, -0.15) is 0 Å². The van der Waals surface area contributed by atoms with Crippen molar-refractivity contribution in [3.8, 4) is 0 Å². The van der Waals surface area contributed by atoms with Crippen molar-refractivity contribution in [3.63, 3.8) is 0 Å². The highest BCUT2D eigenvalue weighted by Gasteiger charge is 2.38. The number of hydrogen-bond donors (Lipinski definition) is 1. The summed E-state index contributed by atoms with van der Waals surface area (Å²) in [6.45, 7) is 5.94. The highest BCUT2D eigenvalue weighted by molar-refractivity contribution is 5.75. The summed E-state index contributed by atoms with van der Waals surface area (Å²) in [5.74, 6) is 0.102. The molecule has 0 saturated carbocycles. The molecule has 0 bridgehead atoms. The quantitative estimate of drug-likeness (QED) is 0.0890. The summed E-state index contributed by atoms with van der Waals surface area (Å²) in [7, 11) is 0. The Morgan fingerprint density at radius 1 is 0.628 bits per heavy atom.